The van der Waals surface area contributed by atoms with Crippen LogP contribution in [0, 0.1) is 0 Å². The SMILES string of the molecule is COc1cccc(/C=C/C(=O)c2cc(C(C)=O)c(O)cc2O)c1O. The minimum Gasteiger partial charge on any atom is -0.507 e. The molecule has 0 fully saturated rings. The number of Topliss-reactive ketones (excluding diaryl/α,β-unsaturated/α-hetero) is 1. The fourth-order valence-corrected chi connectivity index (χ4v) is 2.15. The van der Waals surface area contributed by atoms with Crippen molar-refractivity contribution in [2.75, 3.05) is 7.11 Å². The predicted octanol–water partition coefficient (Wildman–Crippen LogP) is 2.91. The van der Waals surface area contributed by atoms with Crippen molar-refractivity contribution in [2.24, 2.45) is 0 Å². The third-order valence-electron chi connectivity index (χ3n) is 3.42. The fraction of sp³-hybridized carbons (Fsp3) is 0.111. The van der Waals surface area contributed by atoms with Crippen LogP contribution < -0.4 is 4.74 Å². The molecule has 0 amide bonds. The van der Waals surface area contributed by atoms with Gasteiger partial charge in [-0.15, -0.1) is 0 Å². The van der Waals surface area contributed by atoms with Crippen LogP contribution in [0.25, 0.3) is 6.08 Å². The second-order valence-corrected chi connectivity index (χ2v) is 5.04. The van der Waals surface area contributed by atoms with E-state index in [-0.39, 0.29) is 22.6 Å². The first-order valence-corrected chi connectivity index (χ1v) is 7.00. The minimum atomic E-state index is -0.586. The van der Waals surface area contributed by atoms with Gasteiger partial charge in [-0.3, -0.25) is 9.59 Å². The summed E-state index contributed by atoms with van der Waals surface area (Å²) in [6.45, 7) is 1.24. The van der Waals surface area contributed by atoms with Gasteiger partial charge in [0.1, 0.15) is 11.5 Å². The monoisotopic (exact) mass is 328 g/mol. The molecule has 0 saturated carbocycles. The third-order valence-corrected chi connectivity index (χ3v) is 3.42. The zero-order valence-electron chi connectivity index (χ0n) is 13.1. The van der Waals surface area contributed by atoms with Crippen LogP contribution in [0.2, 0.25) is 0 Å². The number of allylic oxidation sites excluding steroid dienone is 1. The van der Waals surface area contributed by atoms with E-state index in [0.717, 1.165) is 18.2 Å². The number of carbonyl (C=O) groups is 2. The van der Waals surface area contributed by atoms with Gasteiger partial charge in [-0.25, -0.2) is 0 Å². The van der Waals surface area contributed by atoms with E-state index < -0.39 is 23.1 Å². The van der Waals surface area contributed by atoms with Gasteiger partial charge in [0, 0.05) is 11.6 Å². The lowest BCUT2D eigenvalue weighted by molar-refractivity contribution is 0.101. The summed E-state index contributed by atoms with van der Waals surface area (Å²) in [5.74, 6) is -1.72. The number of phenolic OH excluding ortho intramolecular Hbond substituents is 3. The number of ether oxygens (including phenoxy) is 1. The van der Waals surface area contributed by atoms with Gasteiger partial charge in [0.25, 0.3) is 0 Å². The van der Waals surface area contributed by atoms with Crippen LogP contribution in [0.3, 0.4) is 0 Å². The first-order chi connectivity index (χ1) is 11.3. The molecule has 0 aliphatic heterocycles. The van der Waals surface area contributed by atoms with Gasteiger partial charge < -0.3 is 20.1 Å². The molecule has 24 heavy (non-hydrogen) atoms. The highest BCUT2D eigenvalue weighted by molar-refractivity contribution is 6.10. The Kier molecular flexibility index (Phi) is 4.89. The van der Waals surface area contributed by atoms with Gasteiger partial charge in [0.05, 0.1) is 18.2 Å². The maximum atomic E-state index is 12.2. The standard InChI is InChI=1S/C18H16O6/c1-10(19)12-8-13(16(22)9-15(12)21)14(20)7-6-11-4-3-5-17(24-2)18(11)23/h3-9,21-23H,1-2H3/b7-6+. The van der Waals surface area contributed by atoms with Crippen molar-refractivity contribution >= 4 is 17.6 Å². The molecule has 0 atom stereocenters. The Morgan fingerprint density at radius 3 is 2.33 bits per heavy atom. The van der Waals surface area contributed by atoms with Crippen molar-refractivity contribution in [3.8, 4) is 23.0 Å². The summed E-state index contributed by atoms with van der Waals surface area (Å²) in [4.78, 5) is 23.7. The highest BCUT2D eigenvalue weighted by Crippen LogP contribution is 2.31. The molecule has 0 heterocycles. The van der Waals surface area contributed by atoms with Gasteiger partial charge in [-0.1, -0.05) is 12.1 Å². The Bertz CT molecular complexity index is 836. The number of phenols is 3. The summed E-state index contributed by atoms with van der Waals surface area (Å²) >= 11 is 0. The lowest BCUT2D eigenvalue weighted by Gasteiger charge is -2.07. The summed E-state index contributed by atoms with van der Waals surface area (Å²) in [6.07, 6.45) is 2.50. The smallest absolute Gasteiger partial charge is 0.189 e. The van der Waals surface area contributed by atoms with Crippen LogP contribution in [0.4, 0.5) is 0 Å². The number of ketones is 2. The van der Waals surface area contributed by atoms with Crippen molar-refractivity contribution < 1.29 is 29.6 Å². The quantitative estimate of drug-likeness (QED) is 0.576. The molecule has 0 unspecified atom stereocenters. The number of carbonyl (C=O) groups excluding carboxylic acids is 2. The van der Waals surface area contributed by atoms with Crippen LogP contribution in [0.1, 0.15) is 33.2 Å². The van der Waals surface area contributed by atoms with Crippen molar-refractivity contribution in [2.45, 2.75) is 6.92 Å². The number of methoxy groups -OCH3 is 1. The van der Waals surface area contributed by atoms with Crippen molar-refractivity contribution in [3.63, 3.8) is 0 Å². The molecule has 6 nitrogen and oxygen atoms in total. The molecule has 124 valence electrons. The first kappa shape index (κ1) is 17.1. The second kappa shape index (κ2) is 6.87. The molecule has 0 bridgehead atoms. The Hall–Kier alpha value is -3.28. The van der Waals surface area contributed by atoms with Crippen molar-refractivity contribution in [1.82, 2.24) is 0 Å². The summed E-state index contributed by atoms with van der Waals surface area (Å²) in [7, 11) is 1.41. The van der Waals surface area contributed by atoms with Crippen LogP contribution in [-0.4, -0.2) is 34.0 Å². The average Bonchev–Trinajstić information content (AvgIpc) is 2.53. The number of benzene rings is 2. The maximum absolute atomic E-state index is 12.2. The Morgan fingerprint density at radius 1 is 1.04 bits per heavy atom. The summed E-state index contributed by atoms with van der Waals surface area (Å²) < 4.78 is 4.98. The normalized spacial score (nSPS) is 10.8. The predicted molar refractivity (Wildman–Crippen MR) is 87.8 cm³/mol. The van der Waals surface area contributed by atoms with E-state index in [9.17, 15) is 24.9 Å². The maximum Gasteiger partial charge on any atom is 0.189 e. The van der Waals surface area contributed by atoms with E-state index in [1.54, 1.807) is 18.2 Å². The molecule has 0 radical (unpaired) electrons. The largest absolute Gasteiger partial charge is 0.507 e. The van der Waals surface area contributed by atoms with Gasteiger partial charge in [0.2, 0.25) is 0 Å². The molecule has 2 rings (SSSR count). The van der Waals surface area contributed by atoms with Crippen LogP contribution in [0.5, 0.6) is 23.0 Å². The molecule has 2 aromatic rings. The highest BCUT2D eigenvalue weighted by Gasteiger charge is 2.16. The Morgan fingerprint density at radius 2 is 1.71 bits per heavy atom. The van der Waals surface area contributed by atoms with Crippen LogP contribution in [-0.2, 0) is 0 Å². The van der Waals surface area contributed by atoms with E-state index in [1.165, 1.54) is 20.1 Å². The molecular weight excluding hydrogens is 312 g/mol. The summed E-state index contributed by atoms with van der Waals surface area (Å²) in [5, 5.41) is 29.4. The van der Waals surface area contributed by atoms with Crippen LogP contribution >= 0.6 is 0 Å². The zero-order chi connectivity index (χ0) is 17.9. The molecule has 2 aromatic carbocycles. The Labute approximate surface area is 138 Å². The minimum absolute atomic E-state index is 0.0613. The number of para-hydroxylation sites is 1. The first-order valence-electron chi connectivity index (χ1n) is 7.00. The van der Waals surface area contributed by atoms with E-state index >= 15 is 0 Å². The fourth-order valence-electron chi connectivity index (χ4n) is 2.15. The van der Waals surface area contributed by atoms with Gasteiger partial charge in [0.15, 0.2) is 23.1 Å². The van der Waals surface area contributed by atoms with Gasteiger partial charge in [-0.05, 0) is 31.2 Å². The molecule has 0 aliphatic carbocycles. The average molecular weight is 328 g/mol. The lowest BCUT2D eigenvalue weighted by Crippen LogP contribution is -2.00. The van der Waals surface area contributed by atoms with Crippen molar-refractivity contribution in [3.05, 3.63) is 53.1 Å². The Balaban J connectivity index is 2.37. The van der Waals surface area contributed by atoms with Crippen LogP contribution in [0.15, 0.2) is 36.4 Å². The molecule has 0 saturated heterocycles. The summed E-state index contributed by atoms with van der Waals surface area (Å²) in [5.41, 5.74) is 0.165. The number of rotatable bonds is 5. The van der Waals surface area contributed by atoms with E-state index in [4.69, 9.17) is 4.74 Å². The summed E-state index contributed by atoms with van der Waals surface area (Å²) in [6, 6.07) is 6.87. The van der Waals surface area contributed by atoms with E-state index in [2.05, 4.69) is 0 Å². The number of hydrogen-bond acceptors (Lipinski definition) is 6. The number of hydrogen-bond donors (Lipinski definition) is 3. The molecule has 6 heteroatoms. The molecule has 3 N–H and O–H groups in total. The van der Waals surface area contributed by atoms with E-state index in [1.807, 2.05) is 0 Å². The lowest BCUT2D eigenvalue weighted by atomic mass is 10.0. The van der Waals surface area contributed by atoms with Gasteiger partial charge >= 0.3 is 0 Å². The number of aromatic hydroxyl groups is 3. The van der Waals surface area contributed by atoms with E-state index in [0.29, 0.717) is 5.56 Å². The molecule has 0 aromatic heterocycles. The highest BCUT2D eigenvalue weighted by atomic mass is 16.5. The molecular formula is C18H16O6. The van der Waals surface area contributed by atoms with Crippen molar-refractivity contribution in [1.29, 1.82) is 0 Å². The van der Waals surface area contributed by atoms with Gasteiger partial charge in [-0.2, -0.15) is 0 Å². The topological polar surface area (TPSA) is 104 Å². The molecule has 0 spiro atoms. The molecule has 0 aliphatic rings. The zero-order valence-corrected chi connectivity index (χ0v) is 13.1. The third kappa shape index (κ3) is 3.38. The second-order valence-electron chi connectivity index (χ2n) is 5.04.